The Hall–Kier alpha value is -2.41. The van der Waals surface area contributed by atoms with E-state index in [-0.39, 0.29) is 42.8 Å². The van der Waals surface area contributed by atoms with Gasteiger partial charge in [0.1, 0.15) is 11.9 Å². The van der Waals surface area contributed by atoms with Gasteiger partial charge in [0.05, 0.1) is 30.2 Å². The summed E-state index contributed by atoms with van der Waals surface area (Å²) < 4.78 is 20.8. The summed E-state index contributed by atoms with van der Waals surface area (Å²) in [6, 6.07) is 8.02. The number of rotatable bonds is 7. The topological polar surface area (TPSA) is 53.1 Å². The first-order chi connectivity index (χ1) is 14.9. The van der Waals surface area contributed by atoms with Crippen LogP contribution in [0.3, 0.4) is 0 Å². The van der Waals surface area contributed by atoms with E-state index in [4.69, 9.17) is 4.74 Å². The molecule has 1 aromatic rings. The molecule has 0 aromatic heterocycles. The number of nitrogens with zero attached hydrogens (tertiary/aromatic N) is 3. The second-order valence-electron chi connectivity index (χ2n) is 8.96. The summed E-state index contributed by atoms with van der Waals surface area (Å²) in [5, 5.41) is 0. The molecule has 7 heteroatoms. The number of imide groups is 1. The minimum atomic E-state index is -1.23. The number of benzene rings is 1. The molecule has 2 aliphatic heterocycles. The third kappa shape index (κ3) is 4.76. The number of carbonyl (C=O) groups excluding carboxylic acids is 2. The van der Waals surface area contributed by atoms with Crippen molar-refractivity contribution in [1.82, 2.24) is 9.80 Å². The lowest BCUT2D eigenvalue weighted by Crippen LogP contribution is -2.49. The number of amides is 2. The largest absolute Gasteiger partial charge is 0.489 e. The molecule has 6 nitrogen and oxygen atoms in total. The molecule has 0 radical (unpaired) electrons. The highest BCUT2D eigenvalue weighted by Gasteiger charge is 2.47. The van der Waals surface area contributed by atoms with E-state index in [1.54, 1.807) is 0 Å². The molecule has 2 fully saturated rings. The second kappa shape index (κ2) is 9.39. The van der Waals surface area contributed by atoms with Crippen LogP contribution < -0.4 is 9.64 Å². The van der Waals surface area contributed by atoms with Gasteiger partial charge in [0.25, 0.3) is 0 Å². The van der Waals surface area contributed by atoms with Gasteiger partial charge in [-0.15, -0.1) is 0 Å². The van der Waals surface area contributed by atoms with Crippen LogP contribution in [0.5, 0.6) is 5.75 Å². The highest BCUT2D eigenvalue weighted by molar-refractivity contribution is 6.05. The van der Waals surface area contributed by atoms with Crippen molar-refractivity contribution in [1.29, 1.82) is 0 Å². The van der Waals surface area contributed by atoms with Crippen molar-refractivity contribution in [3.63, 3.8) is 0 Å². The number of likely N-dealkylation sites (tertiary alicyclic amines) is 1. The standard InChI is InChI=1S/C24H32FN3O3/c1-17(2)31-22-10-6-5-9-21(22)27-13-11-26(12-14-27)15-18(25)16-28-23(29)19-7-3-4-8-20(19)24(28)30/h3-6,9-10,17-20H,7-8,11-16H2,1-2H3. The highest BCUT2D eigenvalue weighted by Crippen LogP contribution is 2.35. The van der Waals surface area contributed by atoms with Gasteiger partial charge in [0.15, 0.2) is 0 Å². The van der Waals surface area contributed by atoms with E-state index >= 15 is 0 Å². The van der Waals surface area contributed by atoms with Crippen LogP contribution in [0, 0.1) is 11.8 Å². The van der Waals surface area contributed by atoms with E-state index in [0.717, 1.165) is 37.6 Å². The van der Waals surface area contributed by atoms with Crippen molar-refractivity contribution >= 4 is 17.5 Å². The van der Waals surface area contributed by atoms with E-state index in [1.807, 2.05) is 44.2 Å². The maximum atomic E-state index is 14.9. The van der Waals surface area contributed by atoms with Crippen molar-refractivity contribution in [2.75, 3.05) is 44.2 Å². The third-order valence-electron chi connectivity index (χ3n) is 6.38. The normalized spacial score (nSPS) is 25.3. The summed E-state index contributed by atoms with van der Waals surface area (Å²) in [7, 11) is 0. The van der Waals surface area contributed by atoms with Crippen LogP contribution in [0.4, 0.5) is 10.1 Å². The quantitative estimate of drug-likeness (QED) is 0.493. The fourth-order valence-corrected chi connectivity index (χ4v) is 4.83. The van der Waals surface area contributed by atoms with Crippen LogP contribution in [-0.2, 0) is 9.59 Å². The molecule has 3 aliphatic rings. The first-order valence-corrected chi connectivity index (χ1v) is 11.3. The summed E-state index contributed by atoms with van der Waals surface area (Å²) in [5.41, 5.74) is 1.07. The predicted molar refractivity (Wildman–Crippen MR) is 118 cm³/mol. The van der Waals surface area contributed by atoms with Gasteiger partial charge >= 0.3 is 0 Å². The zero-order valence-electron chi connectivity index (χ0n) is 18.4. The minimum Gasteiger partial charge on any atom is -0.489 e. The molecule has 1 aliphatic carbocycles. The molecular formula is C24H32FN3O3. The van der Waals surface area contributed by atoms with E-state index < -0.39 is 6.17 Å². The van der Waals surface area contributed by atoms with Crippen LogP contribution in [-0.4, -0.2) is 73.2 Å². The van der Waals surface area contributed by atoms with Gasteiger partial charge in [-0.2, -0.15) is 0 Å². The molecule has 3 atom stereocenters. The summed E-state index contributed by atoms with van der Waals surface area (Å²) in [6.45, 7) is 7.15. The molecular weight excluding hydrogens is 397 g/mol. The van der Waals surface area contributed by atoms with Crippen molar-refractivity contribution in [3.8, 4) is 5.75 Å². The van der Waals surface area contributed by atoms with Gasteiger partial charge in [-0.1, -0.05) is 24.3 Å². The molecule has 4 rings (SSSR count). The maximum absolute atomic E-state index is 14.9. The fraction of sp³-hybridized carbons (Fsp3) is 0.583. The van der Waals surface area contributed by atoms with Gasteiger partial charge in [0, 0.05) is 32.7 Å². The summed E-state index contributed by atoms with van der Waals surface area (Å²) in [4.78, 5) is 30.6. The highest BCUT2D eigenvalue weighted by atomic mass is 19.1. The number of hydrogen-bond acceptors (Lipinski definition) is 5. The first-order valence-electron chi connectivity index (χ1n) is 11.3. The van der Waals surface area contributed by atoms with E-state index in [9.17, 15) is 14.0 Å². The zero-order valence-corrected chi connectivity index (χ0v) is 18.4. The van der Waals surface area contributed by atoms with E-state index in [1.165, 1.54) is 4.90 Å². The zero-order chi connectivity index (χ0) is 22.0. The maximum Gasteiger partial charge on any atom is 0.233 e. The van der Waals surface area contributed by atoms with Gasteiger partial charge < -0.3 is 9.64 Å². The molecule has 1 aromatic carbocycles. The molecule has 31 heavy (non-hydrogen) atoms. The number of hydrogen-bond donors (Lipinski definition) is 0. The lowest BCUT2D eigenvalue weighted by atomic mass is 9.85. The van der Waals surface area contributed by atoms with E-state index in [0.29, 0.717) is 12.8 Å². The van der Waals surface area contributed by atoms with Gasteiger partial charge in [-0.05, 0) is 38.8 Å². The average molecular weight is 430 g/mol. The number of alkyl halides is 1. The number of halogens is 1. The van der Waals surface area contributed by atoms with Crippen LogP contribution >= 0.6 is 0 Å². The monoisotopic (exact) mass is 429 g/mol. The summed E-state index contributed by atoms with van der Waals surface area (Å²) in [5.74, 6) is -0.110. The van der Waals surface area contributed by atoms with Crippen molar-refractivity contribution < 1.29 is 18.7 Å². The Balaban J connectivity index is 1.29. The molecule has 0 spiro atoms. The van der Waals surface area contributed by atoms with Crippen LogP contribution in [0.2, 0.25) is 0 Å². The molecule has 0 bridgehead atoms. The second-order valence-corrected chi connectivity index (χ2v) is 8.96. The first kappa shape index (κ1) is 21.8. The van der Waals surface area contributed by atoms with Gasteiger partial charge in [0.2, 0.25) is 11.8 Å². The number of carbonyl (C=O) groups is 2. The Morgan fingerprint density at radius 2 is 1.58 bits per heavy atom. The Labute approximate surface area is 183 Å². The van der Waals surface area contributed by atoms with Crippen molar-refractivity contribution in [2.24, 2.45) is 11.8 Å². The molecule has 2 amide bonds. The SMILES string of the molecule is CC(C)Oc1ccccc1N1CCN(CC(F)CN2C(=O)C3CC=CCC3C2=O)CC1. The number of ether oxygens (including phenoxy) is 1. The molecule has 2 saturated heterocycles. The number of allylic oxidation sites excluding steroid dienone is 2. The lowest BCUT2D eigenvalue weighted by molar-refractivity contribution is -0.141. The Kier molecular flexibility index (Phi) is 6.60. The lowest BCUT2D eigenvalue weighted by Gasteiger charge is -2.37. The van der Waals surface area contributed by atoms with Gasteiger partial charge in [-0.3, -0.25) is 19.4 Å². The van der Waals surface area contributed by atoms with E-state index in [2.05, 4.69) is 15.9 Å². The van der Waals surface area contributed by atoms with Crippen LogP contribution in [0.25, 0.3) is 0 Å². The number of fused-ring (bicyclic) bond motifs is 1. The average Bonchev–Trinajstić information content (AvgIpc) is 2.99. The minimum absolute atomic E-state index is 0.102. The smallest absolute Gasteiger partial charge is 0.233 e. The number of para-hydroxylation sites is 2. The van der Waals surface area contributed by atoms with Crippen molar-refractivity contribution in [2.45, 2.75) is 39.0 Å². The summed E-state index contributed by atoms with van der Waals surface area (Å²) >= 11 is 0. The third-order valence-corrected chi connectivity index (χ3v) is 6.38. The van der Waals surface area contributed by atoms with Crippen LogP contribution in [0.1, 0.15) is 26.7 Å². The molecule has 2 heterocycles. The predicted octanol–water partition coefficient (Wildman–Crippen LogP) is 2.89. The molecule has 0 N–H and O–H groups in total. The fourth-order valence-electron chi connectivity index (χ4n) is 4.83. The molecule has 0 saturated carbocycles. The molecule has 168 valence electrons. The number of piperazine rings is 1. The van der Waals surface area contributed by atoms with Crippen LogP contribution in [0.15, 0.2) is 36.4 Å². The Bertz CT molecular complexity index is 809. The number of anilines is 1. The van der Waals surface area contributed by atoms with Gasteiger partial charge in [-0.25, -0.2) is 4.39 Å². The van der Waals surface area contributed by atoms with Crippen molar-refractivity contribution in [3.05, 3.63) is 36.4 Å². The Morgan fingerprint density at radius 3 is 2.19 bits per heavy atom. The Morgan fingerprint density at radius 1 is 0.968 bits per heavy atom. The molecule has 3 unspecified atom stereocenters. The summed E-state index contributed by atoms with van der Waals surface area (Å²) in [6.07, 6.45) is 3.95.